The van der Waals surface area contributed by atoms with Gasteiger partial charge in [0, 0.05) is 27.1 Å². The highest BCUT2D eigenvalue weighted by molar-refractivity contribution is 6.76. The molecule has 3 heterocycles. The quantitative estimate of drug-likeness (QED) is 0.554. The van der Waals surface area contributed by atoms with Gasteiger partial charge >= 0.3 is 0 Å². The summed E-state index contributed by atoms with van der Waals surface area (Å²) in [5.41, 5.74) is 8.95. The number of nitrogen functional groups attached to an aromatic ring is 1. The standard InChI is InChI=1S/C15H22N6OSi/c1-23(2,3)8-7-22-11-20-10-13(16)14(19-20)12-9-18-21-6-4-5-17-15(12)21/h4-6,9-10H,7-8,11,16H2,1-3H3. The molecule has 0 aromatic carbocycles. The largest absolute Gasteiger partial charge is 0.396 e. The van der Waals surface area contributed by atoms with E-state index in [0.717, 1.165) is 23.9 Å². The minimum Gasteiger partial charge on any atom is -0.396 e. The lowest BCUT2D eigenvalue weighted by Crippen LogP contribution is -2.22. The Labute approximate surface area is 136 Å². The third kappa shape index (κ3) is 3.59. The van der Waals surface area contributed by atoms with Crippen LogP contribution in [0.15, 0.2) is 30.9 Å². The van der Waals surface area contributed by atoms with Crippen molar-refractivity contribution in [2.24, 2.45) is 0 Å². The van der Waals surface area contributed by atoms with Crippen molar-refractivity contribution in [1.29, 1.82) is 0 Å². The van der Waals surface area contributed by atoms with Crippen LogP contribution in [0.2, 0.25) is 25.7 Å². The second-order valence-electron chi connectivity index (χ2n) is 6.77. The average molecular weight is 330 g/mol. The summed E-state index contributed by atoms with van der Waals surface area (Å²) in [5, 5.41) is 8.79. The molecule has 8 heteroatoms. The molecule has 0 atom stereocenters. The van der Waals surface area contributed by atoms with E-state index in [1.165, 1.54) is 0 Å². The molecule has 0 aliphatic heterocycles. The Kier molecular flexibility index (Phi) is 4.18. The number of anilines is 1. The van der Waals surface area contributed by atoms with Crippen molar-refractivity contribution in [1.82, 2.24) is 24.4 Å². The number of fused-ring (bicyclic) bond motifs is 1. The fraction of sp³-hybridized carbons (Fsp3) is 0.400. The summed E-state index contributed by atoms with van der Waals surface area (Å²) in [6, 6.07) is 2.96. The molecule has 3 rings (SSSR count). The molecule has 7 nitrogen and oxygen atoms in total. The molecule has 0 saturated heterocycles. The zero-order valence-electron chi connectivity index (χ0n) is 13.7. The van der Waals surface area contributed by atoms with Crippen molar-refractivity contribution in [2.75, 3.05) is 12.3 Å². The molecule has 0 aliphatic carbocycles. The molecule has 2 N–H and O–H groups in total. The van der Waals surface area contributed by atoms with E-state index >= 15 is 0 Å². The molecule has 0 unspecified atom stereocenters. The van der Waals surface area contributed by atoms with Crippen LogP contribution in [0.3, 0.4) is 0 Å². The third-order valence-electron chi connectivity index (χ3n) is 3.54. The third-order valence-corrected chi connectivity index (χ3v) is 5.25. The molecule has 0 radical (unpaired) electrons. The van der Waals surface area contributed by atoms with Gasteiger partial charge in [-0.3, -0.25) is 0 Å². The Bertz CT molecular complexity index is 804. The Balaban J connectivity index is 1.74. The summed E-state index contributed by atoms with van der Waals surface area (Å²) in [6.45, 7) is 8.15. The maximum atomic E-state index is 6.10. The molecule has 0 saturated carbocycles. The van der Waals surface area contributed by atoms with E-state index in [1.54, 1.807) is 27.8 Å². The SMILES string of the molecule is C[Si](C)(C)CCOCn1cc(N)c(-c2cnn3cccnc23)n1. The second-order valence-corrected chi connectivity index (χ2v) is 12.4. The van der Waals surface area contributed by atoms with Gasteiger partial charge in [0.15, 0.2) is 5.65 Å². The Morgan fingerprint density at radius 3 is 2.91 bits per heavy atom. The van der Waals surface area contributed by atoms with Gasteiger partial charge in [0.05, 0.1) is 23.6 Å². The van der Waals surface area contributed by atoms with E-state index in [-0.39, 0.29) is 0 Å². The number of aromatic nitrogens is 5. The van der Waals surface area contributed by atoms with Gasteiger partial charge in [-0.2, -0.15) is 10.2 Å². The predicted octanol–water partition coefficient (Wildman–Crippen LogP) is 2.49. The maximum Gasteiger partial charge on any atom is 0.164 e. The molecular weight excluding hydrogens is 308 g/mol. The van der Waals surface area contributed by atoms with Crippen molar-refractivity contribution in [3.8, 4) is 11.3 Å². The first-order valence-corrected chi connectivity index (χ1v) is 11.3. The van der Waals surface area contributed by atoms with Gasteiger partial charge < -0.3 is 10.5 Å². The summed E-state index contributed by atoms with van der Waals surface area (Å²) in [4.78, 5) is 4.34. The molecule has 122 valence electrons. The van der Waals surface area contributed by atoms with Gasteiger partial charge in [0.2, 0.25) is 0 Å². The van der Waals surface area contributed by atoms with Crippen molar-refractivity contribution in [2.45, 2.75) is 32.4 Å². The zero-order chi connectivity index (χ0) is 16.4. The molecule has 3 aromatic heterocycles. The second kappa shape index (κ2) is 6.13. The lowest BCUT2D eigenvalue weighted by atomic mass is 10.2. The predicted molar refractivity (Wildman–Crippen MR) is 92.7 cm³/mol. The average Bonchev–Trinajstić information content (AvgIpc) is 3.06. The van der Waals surface area contributed by atoms with Crippen LogP contribution in [0.1, 0.15) is 0 Å². The number of rotatable bonds is 6. The van der Waals surface area contributed by atoms with Gasteiger partial charge in [-0.15, -0.1) is 0 Å². The summed E-state index contributed by atoms with van der Waals surface area (Å²) in [5.74, 6) is 0. The highest BCUT2D eigenvalue weighted by Crippen LogP contribution is 2.26. The van der Waals surface area contributed by atoms with Crippen LogP contribution >= 0.6 is 0 Å². The first-order valence-electron chi connectivity index (χ1n) is 7.63. The molecule has 0 bridgehead atoms. The van der Waals surface area contributed by atoms with E-state index < -0.39 is 8.07 Å². The van der Waals surface area contributed by atoms with Gasteiger partial charge in [-0.25, -0.2) is 14.2 Å². The van der Waals surface area contributed by atoms with Gasteiger partial charge in [0.25, 0.3) is 0 Å². The van der Waals surface area contributed by atoms with Gasteiger partial charge in [-0.05, 0) is 12.1 Å². The Hall–Kier alpha value is -2.19. The topological polar surface area (TPSA) is 83.3 Å². The van der Waals surface area contributed by atoms with E-state index in [2.05, 4.69) is 34.8 Å². The number of nitrogens with zero attached hydrogens (tertiary/aromatic N) is 5. The fourth-order valence-corrected chi connectivity index (χ4v) is 3.00. The molecular formula is C15H22N6OSi. The number of nitrogens with two attached hydrogens (primary N) is 1. The van der Waals surface area contributed by atoms with Crippen molar-refractivity contribution < 1.29 is 4.74 Å². The van der Waals surface area contributed by atoms with Crippen molar-refractivity contribution in [3.05, 3.63) is 30.9 Å². The van der Waals surface area contributed by atoms with Crippen LogP contribution in [0.5, 0.6) is 0 Å². The van der Waals surface area contributed by atoms with Crippen molar-refractivity contribution in [3.63, 3.8) is 0 Å². The van der Waals surface area contributed by atoms with Gasteiger partial charge in [0.1, 0.15) is 12.4 Å². The lowest BCUT2D eigenvalue weighted by Gasteiger charge is -2.15. The van der Waals surface area contributed by atoms with E-state index in [9.17, 15) is 0 Å². The van der Waals surface area contributed by atoms with Crippen LogP contribution in [0.25, 0.3) is 16.9 Å². The van der Waals surface area contributed by atoms with Crippen LogP contribution in [-0.4, -0.2) is 39.1 Å². The summed E-state index contributed by atoms with van der Waals surface area (Å²) < 4.78 is 9.14. The number of ether oxygens (including phenoxy) is 1. The monoisotopic (exact) mass is 330 g/mol. The lowest BCUT2D eigenvalue weighted by molar-refractivity contribution is 0.0788. The van der Waals surface area contributed by atoms with E-state index in [0.29, 0.717) is 18.1 Å². The summed E-state index contributed by atoms with van der Waals surface area (Å²) in [7, 11) is -1.07. The smallest absolute Gasteiger partial charge is 0.164 e. The van der Waals surface area contributed by atoms with Crippen molar-refractivity contribution >= 4 is 19.4 Å². The Morgan fingerprint density at radius 2 is 2.13 bits per heavy atom. The number of hydrogen-bond donors (Lipinski definition) is 1. The Morgan fingerprint density at radius 1 is 1.30 bits per heavy atom. The van der Waals surface area contributed by atoms with Crippen LogP contribution in [0, 0.1) is 0 Å². The summed E-state index contributed by atoms with van der Waals surface area (Å²) >= 11 is 0. The molecule has 3 aromatic rings. The van der Waals surface area contributed by atoms with Crippen LogP contribution in [-0.2, 0) is 11.5 Å². The highest BCUT2D eigenvalue weighted by Gasteiger charge is 2.15. The fourth-order valence-electron chi connectivity index (χ4n) is 2.24. The van der Waals surface area contributed by atoms with E-state index in [4.69, 9.17) is 10.5 Å². The van der Waals surface area contributed by atoms with Gasteiger partial charge in [-0.1, -0.05) is 19.6 Å². The normalized spacial score (nSPS) is 12.1. The molecule has 23 heavy (non-hydrogen) atoms. The minimum atomic E-state index is -1.07. The highest BCUT2D eigenvalue weighted by atomic mass is 28.3. The maximum absolute atomic E-state index is 6.10. The first kappa shape index (κ1) is 15.7. The molecule has 0 amide bonds. The molecule has 0 spiro atoms. The summed E-state index contributed by atoms with van der Waals surface area (Å²) in [6.07, 6.45) is 7.10. The zero-order valence-corrected chi connectivity index (χ0v) is 14.7. The van der Waals surface area contributed by atoms with Crippen LogP contribution < -0.4 is 5.73 Å². The first-order chi connectivity index (χ1) is 10.9. The molecule has 0 fully saturated rings. The minimum absolute atomic E-state index is 0.404. The van der Waals surface area contributed by atoms with E-state index in [1.807, 2.05) is 12.3 Å². The van der Waals surface area contributed by atoms with Crippen LogP contribution in [0.4, 0.5) is 5.69 Å². The molecule has 0 aliphatic rings. The number of hydrogen-bond acceptors (Lipinski definition) is 5.